The number of hydrogen-bond acceptors (Lipinski definition) is 3. The highest BCUT2D eigenvalue weighted by Gasteiger charge is 2.51. The first kappa shape index (κ1) is 49.7. The number of benzene rings is 11. The van der Waals surface area contributed by atoms with Crippen molar-refractivity contribution in [2.24, 2.45) is 0 Å². The predicted molar refractivity (Wildman–Crippen MR) is 343 cm³/mol. The molecule has 11 aromatic carbocycles. The standard InChI is InChI=1S/C79H64BNO2/c1-75(2,3)51-37-41-70-66(45-51)80-67-46-52(76(4,5)6)38-42-71(67)83-73-48-55(47-72(82-70)74(73)80)81-68-39-35-53(78(49-23-11-9-12-24-49)60-31-19-15-27-56(60)57-28-16-20-32-61(57)78)43-64(68)77(7,8)65-44-54(36-40-69(65)81)79(50-25-13-10-14-26-50)62-33-21-17-29-58(62)59-30-18-22-34-63(59)79/h9-48H,1-8H3. The van der Waals surface area contributed by atoms with Gasteiger partial charge in [0.25, 0.3) is 6.71 Å². The fourth-order valence-corrected chi connectivity index (χ4v) is 15.5. The first-order valence-corrected chi connectivity index (χ1v) is 29.6. The molecule has 3 nitrogen and oxygen atoms in total. The molecule has 11 aromatic rings. The molecular formula is C79H64BNO2. The molecule has 0 fully saturated rings. The van der Waals surface area contributed by atoms with E-state index in [0.717, 1.165) is 45.5 Å². The third-order valence-electron chi connectivity index (χ3n) is 19.5. The van der Waals surface area contributed by atoms with Crippen LogP contribution in [0.4, 0.5) is 17.1 Å². The van der Waals surface area contributed by atoms with E-state index in [-0.39, 0.29) is 17.5 Å². The summed E-state index contributed by atoms with van der Waals surface area (Å²) in [5.41, 5.74) is 25.1. The van der Waals surface area contributed by atoms with Gasteiger partial charge in [-0.1, -0.05) is 262 Å². The molecule has 3 heterocycles. The Morgan fingerprint density at radius 3 is 1.07 bits per heavy atom. The van der Waals surface area contributed by atoms with Crippen LogP contribution in [0.3, 0.4) is 0 Å². The zero-order valence-electron chi connectivity index (χ0n) is 48.4. The van der Waals surface area contributed by atoms with Crippen molar-refractivity contribution in [3.05, 3.63) is 309 Å². The maximum atomic E-state index is 7.28. The fourth-order valence-electron chi connectivity index (χ4n) is 15.5. The van der Waals surface area contributed by atoms with Gasteiger partial charge in [-0.25, -0.2) is 0 Å². The van der Waals surface area contributed by atoms with E-state index in [0.29, 0.717) is 0 Å². The summed E-state index contributed by atoms with van der Waals surface area (Å²) in [7, 11) is 0. The second kappa shape index (κ2) is 17.5. The van der Waals surface area contributed by atoms with Gasteiger partial charge < -0.3 is 14.4 Å². The van der Waals surface area contributed by atoms with Gasteiger partial charge in [-0.05, 0) is 135 Å². The predicted octanol–water partition coefficient (Wildman–Crippen LogP) is 17.8. The molecule has 0 aromatic heterocycles. The molecule has 2 aliphatic carbocycles. The van der Waals surface area contributed by atoms with Crippen LogP contribution in [0.25, 0.3) is 22.3 Å². The van der Waals surface area contributed by atoms with Gasteiger partial charge >= 0.3 is 0 Å². The summed E-state index contributed by atoms with van der Waals surface area (Å²) in [4.78, 5) is 2.51. The van der Waals surface area contributed by atoms with Gasteiger partial charge in [-0.2, -0.15) is 0 Å². The Bertz CT molecular complexity index is 4150. The molecule has 3 aliphatic heterocycles. The number of rotatable bonds is 5. The van der Waals surface area contributed by atoms with Crippen molar-refractivity contribution < 1.29 is 9.47 Å². The van der Waals surface area contributed by atoms with Gasteiger partial charge in [0.05, 0.1) is 27.9 Å². The molecule has 5 aliphatic rings. The van der Waals surface area contributed by atoms with Crippen LogP contribution in [0.2, 0.25) is 0 Å². The molecule has 0 bridgehead atoms. The zero-order valence-corrected chi connectivity index (χ0v) is 48.4. The Kier molecular flexibility index (Phi) is 10.4. The second-order valence-electron chi connectivity index (χ2n) is 26.3. The number of fused-ring (bicyclic) bond motifs is 12. The molecule has 83 heavy (non-hydrogen) atoms. The van der Waals surface area contributed by atoms with Crippen LogP contribution < -0.4 is 30.8 Å². The summed E-state index contributed by atoms with van der Waals surface area (Å²) < 4.78 is 14.6. The van der Waals surface area contributed by atoms with E-state index >= 15 is 0 Å². The monoisotopic (exact) mass is 1070 g/mol. The Morgan fingerprint density at radius 2 is 0.699 bits per heavy atom. The lowest BCUT2D eigenvalue weighted by molar-refractivity contribution is 0.463. The van der Waals surface area contributed by atoms with Crippen LogP contribution in [-0.4, -0.2) is 6.71 Å². The molecule has 0 saturated heterocycles. The Balaban J connectivity index is 0.969. The summed E-state index contributed by atoms with van der Waals surface area (Å²) in [6.45, 7) is 18.6. The summed E-state index contributed by atoms with van der Waals surface area (Å²) in [6, 6.07) is 91.7. The fraction of sp³-hybridized carbons (Fsp3) is 0.165. The molecule has 0 atom stereocenters. The first-order chi connectivity index (χ1) is 40.2. The van der Waals surface area contributed by atoms with Gasteiger partial charge in [0, 0.05) is 23.0 Å². The van der Waals surface area contributed by atoms with Gasteiger partial charge in [0.2, 0.25) is 0 Å². The average molecular weight is 1070 g/mol. The van der Waals surface area contributed by atoms with Gasteiger partial charge in [-0.15, -0.1) is 0 Å². The van der Waals surface area contributed by atoms with E-state index in [1.165, 1.54) is 99.9 Å². The lowest BCUT2D eigenvalue weighted by Gasteiger charge is -2.45. The van der Waals surface area contributed by atoms with E-state index in [2.05, 4.69) is 303 Å². The summed E-state index contributed by atoms with van der Waals surface area (Å²) in [6.07, 6.45) is 0. The largest absolute Gasteiger partial charge is 0.458 e. The number of anilines is 3. The van der Waals surface area contributed by atoms with Crippen molar-refractivity contribution >= 4 is 40.2 Å². The van der Waals surface area contributed by atoms with E-state index in [4.69, 9.17) is 9.47 Å². The molecule has 0 spiro atoms. The van der Waals surface area contributed by atoms with Crippen molar-refractivity contribution in [1.29, 1.82) is 0 Å². The van der Waals surface area contributed by atoms with Crippen LogP contribution in [-0.2, 0) is 27.1 Å². The van der Waals surface area contributed by atoms with Crippen LogP contribution >= 0.6 is 0 Å². The van der Waals surface area contributed by atoms with E-state index in [1.54, 1.807) is 0 Å². The molecule has 400 valence electrons. The summed E-state index contributed by atoms with van der Waals surface area (Å²) >= 11 is 0. The zero-order chi connectivity index (χ0) is 56.4. The van der Waals surface area contributed by atoms with Crippen LogP contribution in [0.5, 0.6) is 23.0 Å². The average Bonchev–Trinajstić information content (AvgIpc) is 2.11. The Morgan fingerprint density at radius 1 is 0.337 bits per heavy atom. The van der Waals surface area contributed by atoms with E-state index in [1.807, 2.05) is 0 Å². The van der Waals surface area contributed by atoms with Crippen LogP contribution in [0, 0.1) is 0 Å². The minimum absolute atomic E-state index is 0.0532. The lowest BCUT2D eigenvalue weighted by atomic mass is 9.34. The Hall–Kier alpha value is -9.12. The second-order valence-corrected chi connectivity index (χ2v) is 26.3. The topological polar surface area (TPSA) is 21.7 Å². The van der Waals surface area contributed by atoms with Crippen molar-refractivity contribution in [2.45, 2.75) is 82.5 Å². The van der Waals surface area contributed by atoms with Crippen molar-refractivity contribution in [3.8, 4) is 45.3 Å². The van der Waals surface area contributed by atoms with Gasteiger partial charge in [0.1, 0.15) is 23.0 Å². The van der Waals surface area contributed by atoms with Crippen molar-refractivity contribution in [3.63, 3.8) is 0 Å². The van der Waals surface area contributed by atoms with Crippen LogP contribution in [0.1, 0.15) is 122 Å². The normalized spacial score (nSPS) is 15.7. The van der Waals surface area contributed by atoms with E-state index < -0.39 is 16.2 Å². The van der Waals surface area contributed by atoms with Crippen LogP contribution in [0.15, 0.2) is 243 Å². The third kappa shape index (κ3) is 6.87. The summed E-state index contributed by atoms with van der Waals surface area (Å²) in [5, 5.41) is 0. The smallest absolute Gasteiger partial charge is 0.260 e. The molecule has 16 rings (SSSR count). The number of hydrogen-bond donors (Lipinski definition) is 0. The molecule has 0 amide bonds. The quantitative estimate of drug-likeness (QED) is 0.160. The third-order valence-corrected chi connectivity index (χ3v) is 19.5. The molecule has 0 saturated carbocycles. The minimum Gasteiger partial charge on any atom is -0.458 e. The molecular weight excluding hydrogens is 1010 g/mol. The maximum Gasteiger partial charge on any atom is 0.260 e. The van der Waals surface area contributed by atoms with Gasteiger partial charge in [0.15, 0.2) is 0 Å². The molecule has 0 unspecified atom stereocenters. The maximum absolute atomic E-state index is 7.28. The number of nitrogens with zero attached hydrogens (tertiary/aromatic N) is 1. The minimum atomic E-state index is -0.589. The highest BCUT2D eigenvalue weighted by atomic mass is 16.5. The van der Waals surface area contributed by atoms with Crippen molar-refractivity contribution in [2.75, 3.05) is 4.90 Å². The van der Waals surface area contributed by atoms with Gasteiger partial charge in [-0.3, -0.25) is 0 Å². The van der Waals surface area contributed by atoms with E-state index in [9.17, 15) is 0 Å². The summed E-state index contributed by atoms with van der Waals surface area (Å²) in [5.74, 6) is 3.40. The number of ether oxygens (including phenoxy) is 2. The molecule has 0 N–H and O–H groups in total. The molecule has 4 heteroatoms. The highest BCUT2D eigenvalue weighted by molar-refractivity contribution is 6.98. The van der Waals surface area contributed by atoms with Crippen molar-refractivity contribution in [1.82, 2.24) is 0 Å². The first-order valence-electron chi connectivity index (χ1n) is 29.6. The lowest BCUT2D eigenvalue weighted by Crippen LogP contribution is -2.57. The molecule has 0 radical (unpaired) electrons. The Labute approximate surface area is 489 Å². The SMILES string of the molecule is CC(C)(C)c1ccc2c(c1)B1c3cc(C(C)(C)C)ccc3Oc3cc(N4c5ccc(C6(c7ccccc7)c7ccccc7-c7ccccc76)cc5C(C)(C)c5cc(C6(c7ccccc7)c7ccccc7-c7ccccc76)ccc54)cc(c31)O2. The highest BCUT2D eigenvalue weighted by Crippen LogP contribution is 2.62.